The molecule has 1 aliphatic heterocycles. The molecule has 2 aliphatic rings. The van der Waals surface area contributed by atoms with Gasteiger partial charge >= 0.3 is 0 Å². The first-order chi connectivity index (χ1) is 13.3. The molecular weight excluding hydrogens is 463 g/mol. The minimum absolute atomic E-state index is 0. The monoisotopic (exact) mass is 500 g/mol. The van der Waals surface area contributed by atoms with Crippen molar-refractivity contribution in [1.29, 1.82) is 0 Å². The number of halogens is 1. The van der Waals surface area contributed by atoms with Crippen LogP contribution in [0.1, 0.15) is 44.1 Å². The first kappa shape index (κ1) is 23.4. The topological polar surface area (TPSA) is 48.9 Å². The van der Waals surface area contributed by atoms with Crippen LogP contribution < -0.4 is 10.6 Å². The van der Waals surface area contributed by atoms with E-state index in [4.69, 9.17) is 4.74 Å². The van der Waals surface area contributed by atoms with Gasteiger partial charge in [-0.15, -0.1) is 24.0 Å². The van der Waals surface area contributed by atoms with E-state index in [1.807, 2.05) is 7.05 Å². The zero-order chi connectivity index (χ0) is 18.8. The second kappa shape index (κ2) is 12.6. The Labute approximate surface area is 187 Å². The van der Waals surface area contributed by atoms with Crippen molar-refractivity contribution in [3.63, 3.8) is 0 Å². The van der Waals surface area contributed by atoms with E-state index in [0.717, 1.165) is 45.4 Å². The maximum Gasteiger partial charge on any atom is 0.191 e. The van der Waals surface area contributed by atoms with Crippen LogP contribution in [0, 0.1) is 0 Å². The van der Waals surface area contributed by atoms with Crippen LogP contribution in [0.15, 0.2) is 35.3 Å². The van der Waals surface area contributed by atoms with Gasteiger partial charge in [0.15, 0.2) is 5.96 Å². The van der Waals surface area contributed by atoms with Gasteiger partial charge < -0.3 is 15.4 Å². The second-order valence-electron chi connectivity index (χ2n) is 7.87. The van der Waals surface area contributed by atoms with E-state index in [-0.39, 0.29) is 29.4 Å². The van der Waals surface area contributed by atoms with Crippen molar-refractivity contribution in [2.45, 2.75) is 43.9 Å². The van der Waals surface area contributed by atoms with Gasteiger partial charge in [-0.05, 0) is 37.8 Å². The van der Waals surface area contributed by atoms with Crippen LogP contribution in [0.25, 0.3) is 0 Å². The fourth-order valence-electron chi connectivity index (χ4n) is 4.38. The number of nitrogens with one attached hydrogen (secondary N) is 2. The lowest BCUT2D eigenvalue weighted by Gasteiger charge is -2.31. The van der Waals surface area contributed by atoms with E-state index in [1.54, 1.807) is 0 Å². The van der Waals surface area contributed by atoms with Gasteiger partial charge in [0, 0.05) is 38.6 Å². The number of morpholine rings is 1. The van der Waals surface area contributed by atoms with E-state index < -0.39 is 0 Å². The van der Waals surface area contributed by atoms with Gasteiger partial charge in [-0.25, -0.2) is 0 Å². The third kappa shape index (κ3) is 6.88. The lowest BCUT2D eigenvalue weighted by atomic mass is 9.79. The van der Waals surface area contributed by atoms with Gasteiger partial charge in [-0.3, -0.25) is 9.89 Å². The maximum atomic E-state index is 5.40. The minimum atomic E-state index is 0. The molecular formula is C22H37IN4O. The van der Waals surface area contributed by atoms with Crippen LogP contribution >= 0.6 is 24.0 Å². The number of benzene rings is 1. The molecule has 0 amide bonds. The Hall–Kier alpha value is -0.860. The van der Waals surface area contributed by atoms with E-state index in [2.05, 4.69) is 50.9 Å². The molecule has 1 saturated heterocycles. The molecule has 0 bridgehead atoms. The first-order valence-corrected chi connectivity index (χ1v) is 10.6. The summed E-state index contributed by atoms with van der Waals surface area (Å²) in [5.74, 6) is 0.934. The zero-order valence-corrected chi connectivity index (χ0v) is 19.6. The van der Waals surface area contributed by atoms with Crippen LogP contribution in [0.3, 0.4) is 0 Å². The second-order valence-corrected chi connectivity index (χ2v) is 7.87. The fraction of sp³-hybridized carbons (Fsp3) is 0.682. The lowest BCUT2D eigenvalue weighted by Crippen LogP contribution is -2.45. The predicted octanol–water partition coefficient (Wildman–Crippen LogP) is 3.39. The molecule has 1 aromatic rings. The average Bonchev–Trinajstić information content (AvgIpc) is 3.22. The largest absolute Gasteiger partial charge is 0.379 e. The fourth-order valence-corrected chi connectivity index (χ4v) is 4.38. The van der Waals surface area contributed by atoms with Crippen molar-refractivity contribution in [1.82, 2.24) is 15.5 Å². The van der Waals surface area contributed by atoms with Crippen molar-refractivity contribution < 1.29 is 4.74 Å². The van der Waals surface area contributed by atoms with Crippen LogP contribution in [0.5, 0.6) is 0 Å². The molecule has 1 saturated carbocycles. The summed E-state index contributed by atoms with van der Waals surface area (Å²) in [6.45, 7) is 7.05. The summed E-state index contributed by atoms with van der Waals surface area (Å²) < 4.78 is 5.40. The molecule has 0 unspecified atom stereocenters. The molecule has 1 heterocycles. The highest BCUT2D eigenvalue weighted by Gasteiger charge is 2.35. The van der Waals surface area contributed by atoms with Crippen LogP contribution in [0.2, 0.25) is 0 Å². The van der Waals surface area contributed by atoms with E-state index in [9.17, 15) is 0 Å². The molecule has 2 N–H and O–H groups in total. The molecule has 158 valence electrons. The van der Waals surface area contributed by atoms with Crippen LogP contribution in [-0.2, 0) is 10.2 Å². The molecule has 0 radical (unpaired) electrons. The van der Waals surface area contributed by atoms with Gasteiger partial charge in [-0.1, -0.05) is 43.2 Å². The van der Waals surface area contributed by atoms with E-state index >= 15 is 0 Å². The van der Waals surface area contributed by atoms with Gasteiger partial charge in [-0.2, -0.15) is 0 Å². The predicted molar refractivity (Wildman–Crippen MR) is 128 cm³/mol. The highest BCUT2D eigenvalue weighted by atomic mass is 127. The molecule has 1 aromatic carbocycles. The third-order valence-corrected chi connectivity index (χ3v) is 6.06. The molecule has 28 heavy (non-hydrogen) atoms. The molecule has 0 spiro atoms. The SMILES string of the molecule is CN=C(NCCCCN1CCOCC1)NCC1(c2ccccc2)CCCC1.I. The number of unbranched alkanes of at least 4 members (excludes halogenated alkanes) is 1. The Morgan fingerprint density at radius 2 is 1.79 bits per heavy atom. The Balaban J connectivity index is 0.00000280. The highest BCUT2D eigenvalue weighted by molar-refractivity contribution is 14.0. The smallest absolute Gasteiger partial charge is 0.191 e. The summed E-state index contributed by atoms with van der Waals surface area (Å²) in [6, 6.07) is 11.0. The number of ether oxygens (including phenoxy) is 1. The summed E-state index contributed by atoms with van der Waals surface area (Å²) >= 11 is 0. The number of hydrogen-bond donors (Lipinski definition) is 2. The Morgan fingerprint density at radius 3 is 2.46 bits per heavy atom. The number of rotatable bonds is 8. The summed E-state index contributed by atoms with van der Waals surface area (Å²) in [7, 11) is 1.87. The van der Waals surface area contributed by atoms with Gasteiger partial charge in [0.25, 0.3) is 0 Å². The Kier molecular flexibility index (Phi) is 10.6. The normalized spacial score (nSPS) is 19.8. The van der Waals surface area contributed by atoms with E-state index in [1.165, 1.54) is 50.6 Å². The van der Waals surface area contributed by atoms with Crippen molar-refractivity contribution in [2.24, 2.45) is 4.99 Å². The van der Waals surface area contributed by atoms with Crippen molar-refractivity contribution in [2.75, 3.05) is 53.0 Å². The van der Waals surface area contributed by atoms with Crippen molar-refractivity contribution in [3.8, 4) is 0 Å². The molecule has 1 aliphatic carbocycles. The van der Waals surface area contributed by atoms with Gasteiger partial charge in [0.1, 0.15) is 0 Å². The number of guanidine groups is 1. The molecule has 0 atom stereocenters. The van der Waals surface area contributed by atoms with Gasteiger partial charge in [0.05, 0.1) is 13.2 Å². The van der Waals surface area contributed by atoms with Gasteiger partial charge in [0.2, 0.25) is 0 Å². The number of aliphatic imine (C=N–C) groups is 1. The molecule has 2 fully saturated rings. The molecule has 3 rings (SSSR count). The number of nitrogens with zero attached hydrogens (tertiary/aromatic N) is 2. The Bertz CT molecular complexity index is 569. The average molecular weight is 500 g/mol. The van der Waals surface area contributed by atoms with E-state index in [0.29, 0.717) is 0 Å². The summed E-state index contributed by atoms with van der Waals surface area (Å²) in [5.41, 5.74) is 1.73. The Morgan fingerprint density at radius 1 is 1.07 bits per heavy atom. The van der Waals surface area contributed by atoms with Crippen LogP contribution in [0.4, 0.5) is 0 Å². The van der Waals surface area contributed by atoms with Crippen molar-refractivity contribution in [3.05, 3.63) is 35.9 Å². The minimum Gasteiger partial charge on any atom is -0.379 e. The molecule has 6 heteroatoms. The lowest BCUT2D eigenvalue weighted by molar-refractivity contribution is 0.0372. The highest BCUT2D eigenvalue weighted by Crippen LogP contribution is 2.40. The summed E-state index contributed by atoms with van der Waals surface area (Å²) in [6.07, 6.45) is 7.56. The number of hydrogen-bond acceptors (Lipinski definition) is 3. The standard InChI is InChI=1S/C22H36N4O.HI/c1-23-21(24-13-7-8-14-26-15-17-27-18-16-26)25-19-22(11-5-6-12-22)20-9-3-2-4-10-20;/h2-4,9-10H,5-8,11-19H2,1H3,(H2,23,24,25);1H. The summed E-state index contributed by atoms with van der Waals surface area (Å²) in [4.78, 5) is 6.93. The van der Waals surface area contributed by atoms with Crippen LogP contribution in [-0.4, -0.2) is 63.8 Å². The molecule has 0 aromatic heterocycles. The van der Waals surface area contributed by atoms with Crippen molar-refractivity contribution >= 4 is 29.9 Å². The first-order valence-electron chi connectivity index (χ1n) is 10.6. The molecule has 5 nitrogen and oxygen atoms in total. The quantitative estimate of drug-likeness (QED) is 0.249. The zero-order valence-electron chi connectivity index (χ0n) is 17.3. The summed E-state index contributed by atoms with van der Waals surface area (Å²) in [5, 5.41) is 7.10. The maximum absolute atomic E-state index is 5.40. The third-order valence-electron chi connectivity index (χ3n) is 6.06.